The Balaban J connectivity index is 1.33. The maximum Gasteiger partial charge on any atom is 0.322 e. The van der Waals surface area contributed by atoms with Gasteiger partial charge in [0.15, 0.2) is 11.6 Å². The molecule has 2 atom stereocenters. The Kier molecular flexibility index (Phi) is 4.27. The molecule has 1 aromatic carbocycles. The van der Waals surface area contributed by atoms with Crippen molar-refractivity contribution in [3.8, 4) is 0 Å². The molecule has 0 saturated carbocycles. The van der Waals surface area contributed by atoms with Gasteiger partial charge in [-0.25, -0.2) is 23.5 Å². The second kappa shape index (κ2) is 6.86. The molecule has 3 aliphatic rings. The van der Waals surface area contributed by atoms with Crippen LogP contribution in [0.4, 0.5) is 19.3 Å². The topological polar surface area (TPSA) is 78.4 Å². The van der Waals surface area contributed by atoms with Gasteiger partial charge in [0.1, 0.15) is 12.4 Å². The molecule has 3 heterocycles. The second-order valence-corrected chi connectivity index (χ2v) is 7.87. The Morgan fingerprint density at radius 2 is 2.03 bits per heavy atom. The summed E-state index contributed by atoms with van der Waals surface area (Å²) in [6, 6.07) is 1.70. The Morgan fingerprint density at radius 3 is 2.77 bits per heavy atom. The molecule has 154 valence electrons. The molecule has 1 aliphatic carbocycles. The van der Waals surface area contributed by atoms with Gasteiger partial charge in [-0.15, -0.1) is 0 Å². The minimum Gasteiger partial charge on any atom is -0.333 e. The summed E-state index contributed by atoms with van der Waals surface area (Å²) >= 11 is 0. The van der Waals surface area contributed by atoms with Crippen molar-refractivity contribution in [1.29, 1.82) is 0 Å². The molecule has 1 aromatic heterocycles. The van der Waals surface area contributed by atoms with Crippen LogP contribution in [0.25, 0.3) is 5.57 Å². The van der Waals surface area contributed by atoms with Crippen LogP contribution >= 0.6 is 0 Å². The summed E-state index contributed by atoms with van der Waals surface area (Å²) in [4.78, 5) is 36.8. The van der Waals surface area contributed by atoms with Crippen LogP contribution in [0.2, 0.25) is 0 Å². The van der Waals surface area contributed by atoms with Gasteiger partial charge in [0, 0.05) is 30.1 Å². The first-order valence-electron chi connectivity index (χ1n) is 9.73. The molecule has 0 spiro atoms. The van der Waals surface area contributed by atoms with Crippen LogP contribution in [0.1, 0.15) is 23.4 Å². The van der Waals surface area contributed by atoms with Crippen molar-refractivity contribution >= 4 is 23.2 Å². The minimum atomic E-state index is -1.00. The highest BCUT2D eigenvalue weighted by atomic mass is 19.2. The van der Waals surface area contributed by atoms with Gasteiger partial charge in [0.25, 0.3) is 0 Å². The summed E-state index contributed by atoms with van der Waals surface area (Å²) in [6.45, 7) is 2.02. The molecular formula is C21H19F2N5O2. The number of likely N-dealkylation sites (tertiary alicyclic amines) is 1. The van der Waals surface area contributed by atoms with E-state index in [0.29, 0.717) is 12.4 Å². The van der Waals surface area contributed by atoms with Gasteiger partial charge in [0.2, 0.25) is 5.91 Å². The number of urea groups is 1. The molecule has 9 heteroatoms. The molecule has 2 bridgehead atoms. The van der Waals surface area contributed by atoms with Crippen LogP contribution in [-0.4, -0.2) is 50.8 Å². The van der Waals surface area contributed by atoms with E-state index >= 15 is 0 Å². The SMILES string of the molecule is Cc1ncc(C2=C[C@@H]3C[C@H]2N(C(=O)CN2Cc4c(ccc(F)c4F)NC2=O)C3)cn1. The van der Waals surface area contributed by atoms with Gasteiger partial charge in [-0.1, -0.05) is 6.08 Å². The summed E-state index contributed by atoms with van der Waals surface area (Å²) in [5.41, 5.74) is 2.17. The molecule has 1 saturated heterocycles. The zero-order chi connectivity index (χ0) is 21.0. The predicted octanol–water partition coefficient (Wildman–Crippen LogP) is 2.73. The van der Waals surface area contributed by atoms with Gasteiger partial charge in [-0.05, 0) is 37.0 Å². The highest BCUT2D eigenvalue weighted by Crippen LogP contribution is 2.41. The summed E-state index contributed by atoms with van der Waals surface area (Å²) in [6.07, 6.45) is 6.49. The van der Waals surface area contributed by atoms with Gasteiger partial charge >= 0.3 is 6.03 Å². The Morgan fingerprint density at radius 1 is 1.27 bits per heavy atom. The third-order valence-electron chi connectivity index (χ3n) is 5.94. The lowest BCUT2D eigenvalue weighted by molar-refractivity contribution is -0.132. The normalized spacial score (nSPS) is 22.1. The van der Waals surface area contributed by atoms with E-state index in [1.54, 1.807) is 17.3 Å². The lowest BCUT2D eigenvalue weighted by Gasteiger charge is -2.33. The number of carbonyl (C=O) groups excluding carboxylic acids is 2. The standard InChI is InChI=1S/C21H19F2N5O2/c1-11-24-6-13(7-25-11)14-4-12-5-18(14)28(8-12)19(29)10-27-9-15-17(26-21(27)30)3-2-16(22)20(15)23/h2-4,6-7,12,18H,5,8-10H2,1H3,(H,26,30)/t12-,18-/m1/s1. The van der Waals surface area contributed by atoms with E-state index < -0.39 is 17.7 Å². The number of nitrogens with one attached hydrogen (secondary N) is 1. The van der Waals surface area contributed by atoms with Crippen molar-refractivity contribution in [3.63, 3.8) is 0 Å². The number of fused-ring (bicyclic) bond motifs is 3. The van der Waals surface area contributed by atoms with Crippen molar-refractivity contribution < 1.29 is 18.4 Å². The number of aromatic nitrogens is 2. The summed E-state index contributed by atoms with van der Waals surface area (Å²) in [7, 11) is 0. The summed E-state index contributed by atoms with van der Waals surface area (Å²) in [5, 5.41) is 2.53. The molecule has 7 nitrogen and oxygen atoms in total. The van der Waals surface area contributed by atoms with Crippen molar-refractivity contribution in [3.05, 3.63) is 59.2 Å². The maximum atomic E-state index is 14.1. The maximum absolute atomic E-state index is 14.1. The number of halogens is 2. The van der Waals surface area contributed by atoms with E-state index in [9.17, 15) is 18.4 Å². The van der Waals surface area contributed by atoms with Gasteiger partial charge in [-0.2, -0.15) is 0 Å². The number of carbonyl (C=O) groups is 2. The fraction of sp³-hybridized carbons (Fsp3) is 0.333. The second-order valence-electron chi connectivity index (χ2n) is 7.87. The van der Waals surface area contributed by atoms with Crippen molar-refractivity contribution in [2.45, 2.75) is 25.9 Å². The molecule has 0 unspecified atom stereocenters. The van der Waals surface area contributed by atoms with Crippen LogP contribution < -0.4 is 5.32 Å². The Labute approximate surface area is 171 Å². The van der Waals surface area contributed by atoms with Crippen LogP contribution in [-0.2, 0) is 11.3 Å². The molecule has 0 radical (unpaired) electrons. The zero-order valence-corrected chi connectivity index (χ0v) is 16.2. The monoisotopic (exact) mass is 411 g/mol. The van der Waals surface area contributed by atoms with E-state index in [-0.39, 0.29) is 42.2 Å². The fourth-order valence-electron chi connectivity index (χ4n) is 4.46. The molecular weight excluding hydrogens is 392 g/mol. The van der Waals surface area contributed by atoms with Crippen LogP contribution in [0, 0.1) is 24.5 Å². The number of benzene rings is 1. The van der Waals surface area contributed by atoms with E-state index in [1.165, 1.54) is 11.0 Å². The fourth-order valence-corrected chi connectivity index (χ4v) is 4.46. The third kappa shape index (κ3) is 3.01. The number of anilines is 1. The lowest BCUT2D eigenvalue weighted by Crippen LogP contribution is -2.48. The molecule has 1 fully saturated rings. The highest BCUT2D eigenvalue weighted by molar-refractivity contribution is 5.95. The number of aryl methyl sites for hydroxylation is 1. The molecule has 1 N–H and O–H groups in total. The Hall–Kier alpha value is -3.36. The number of nitrogens with zero attached hydrogens (tertiary/aromatic N) is 4. The van der Waals surface area contributed by atoms with Crippen molar-refractivity contribution in [1.82, 2.24) is 19.8 Å². The van der Waals surface area contributed by atoms with Gasteiger partial charge in [0.05, 0.1) is 18.3 Å². The van der Waals surface area contributed by atoms with Crippen molar-refractivity contribution in [2.24, 2.45) is 5.92 Å². The van der Waals surface area contributed by atoms with Crippen molar-refractivity contribution in [2.75, 3.05) is 18.4 Å². The highest BCUT2D eigenvalue weighted by Gasteiger charge is 2.42. The van der Waals surface area contributed by atoms with Crippen LogP contribution in [0.15, 0.2) is 30.6 Å². The van der Waals surface area contributed by atoms with Crippen LogP contribution in [0.3, 0.4) is 0 Å². The smallest absolute Gasteiger partial charge is 0.322 e. The summed E-state index contributed by atoms with van der Waals surface area (Å²) < 4.78 is 27.7. The van der Waals surface area contributed by atoms with E-state index in [1.807, 2.05) is 6.92 Å². The number of hydrogen-bond acceptors (Lipinski definition) is 4. The first kappa shape index (κ1) is 18.7. The number of rotatable bonds is 3. The quantitative estimate of drug-likeness (QED) is 0.843. The van der Waals surface area contributed by atoms with E-state index in [2.05, 4.69) is 21.4 Å². The van der Waals surface area contributed by atoms with E-state index in [4.69, 9.17) is 0 Å². The average molecular weight is 411 g/mol. The number of amides is 3. The largest absolute Gasteiger partial charge is 0.333 e. The molecule has 3 amide bonds. The first-order valence-corrected chi connectivity index (χ1v) is 9.73. The van der Waals surface area contributed by atoms with Crippen LogP contribution in [0.5, 0.6) is 0 Å². The third-order valence-corrected chi connectivity index (χ3v) is 5.94. The first-order chi connectivity index (χ1) is 14.4. The van der Waals surface area contributed by atoms with Gasteiger partial charge < -0.3 is 15.1 Å². The molecule has 5 rings (SSSR count). The molecule has 2 aliphatic heterocycles. The minimum absolute atomic E-state index is 0.0442. The van der Waals surface area contributed by atoms with E-state index in [0.717, 1.165) is 23.6 Å². The summed E-state index contributed by atoms with van der Waals surface area (Å²) in [5.74, 6) is -1.29. The number of hydrogen-bond donors (Lipinski definition) is 1. The van der Waals surface area contributed by atoms with Gasteiger partial charge in [-0.3, -0.25) is 4.79 Å². The predicted molar refractivity (Wildman–Crippen MR) is 104 cm³/mol. The average Bonchev–Trinajstić information content (AvgIpc) is 3.34. The molecule has 2 aromatic rings. The zero-order valence-electron chi connectivity index (χ0n) is 16.2. The molecule has 30 heavy (non-hydrogen) atoms. The Bertz CT molecular complexity index is 1090. The lowest BCUT2D eigenvalue weighted by atomic mass is 10.0.